The fourth-order valence-corrected chi connectivity index (χ4v) is 2.07. The summed E-state index contributed by atoms with van der Waals surface area (Å²) in [5.41, 5.74) is 0.906. The van der Waals surface area contributed by atoms with Gasteiger partial charge in [-0.25, -0.2) is 0 Å². The molecule has 1 heterocycles. The van der Waals surface area contributed by atoms with Gasteiger partial charge in [-0.3, -0.25) is 4.79 Å². The summed E-state index contributed by atoms with van der Waals surface area (Å²) in [5.74, 6) is 0.783. The Kier molecular flexibility index (Phi) is 3.07. The first kappa shape index (κ1) is 10.6. The summed E-state index contributed by atoms with van der Waals surface area (Å²) in [6.45, 7) is -0.0255. The summed E-state index contributed by atoms with van der Waals surface area (Å²) < 4.78 is 6.45. The number of fused-ring (bicyclic) bond motifs is 1. The Morgan fingerprint density at radius 1 is 1.53 bits per heavy atom. The summed E-state index contributed by atoms with van der Waals surface area (Å²) >= 11 is 3.35. The molecule has 0 spiro atoms. The number of Topliss-reactive ketones (excluding diaryl/α,β-unsaturated/α-hetero) is 1. The number of aliphatic hydroxyl groups excluding tert-OH is 1. The molecule has 0 saturated heterocycles. The van der Waals surface area contributed by atoms with E-state index in [0.717, 1.165) is 15.8 Å². The van der Waals surface area contributed by atoms with Crippen molar-refractivity contribution in [1.29, 1.82) is 0 Å². The molecule has 1 aromatic carbocycles. The van der Waals surface area contributed by atoms with Crippen molar-refractivity contribution >= 4 is 21.7 Å². The maximum Gasteiger partial charge on any atom is 0.177 e. The third kappa shape index (κ3) is 2.21. The van der Waals surface area contributed by atoms with Crippen molar-refractivity contribution in [1.82, 2.24) is 0 Å². The number of hydrogen-bond acceptors (Lipinski definition) is 3. The van der Waals surface area contributed by atoms with Crippen molar-refractivity contribution in [3.05, 3.63) is 28.2 Å². The molecule has 2 rings (SSSR count). The maximum atomic E-state index is 11.6. The number of hydrogen-bond donors (Lipinski definition) is 1. The molecule has 1 atom stereocenters. The van der Waals surface area contributed by atoms with Gasteiger partial charge >= 0.3 is 0 Å². The molecule has 15 heavy (non-hydrogen) atoms. The first-order chi connectivity index (χ1) is 7.20. The van der Waals surface area contributed by atoms with Crippen molar-refractivity contribution in [2.45, 2.75) is 18.9 Å². The normalized spacial score (nSPS) is 19.6. The minimum absolute atomic E-state index is 0.0255. The Hall–Kier alpha value is -0.870. The third-order valence-electron chi connectivity index (χ3n) is 2.41. The molecule has 0 saturated carbocycles. The van der Waals surface area contributed by atoms with Gasteiger partial charge in [-0.15, -0.1) is 0 Å². The fourth-order valence-electron chi connectivity index (χ4n) is 1.66. The highest BCUT2D eigenvalue weighted by Gasteiger charge is 2.27. The van der Waals surface area contributed by atoms with Crippen molar-refractivity contribution in [2.75, 3.05) is 6.61 Å². The molecule has 1 aliphatic heterocycles. The van der Waals surface area contributed by atoms with Crippen molar-refractivity contribution < 1.29 is 14.6 Å². The lowest BCUT2D eigenvalue weighted by molar-refractivity contribution is -0.127. The predicted octanol–water partition coefficient (Wildman–Crippen LogP) is 1.70. The van der Waals surface area contributed by atoms with Crippen LogP contribution in [0.1, 0.15) is 12.0 Å². The van der Waals surface area contributed by atoms with Crippen molar-refractivity contribution in [3.63, 3.8) is 0 Å². The van der Waals surface area contributed by atoms with Gasteiger partial charge in [0.05, 0.1) is 0 Å². The second kappa shape index (κ2) is 4.33. The summed E-state index contributed by atoms with van der Waals surface area (Å²) in [5, 5.41) is 8.79. The zero-order valence-corrected chi connectivity index (χ0v) is 9.66. The Balaban J connectivity index is 2.26. The van der Waals surface area contributed by atoms with Gasteiger partial charge in [-0.2, -0.15) is 0 Å². The summed E-state index contributed by atoms with van der Waals surface area (Å²) in [6, 6.07) is 5.61. The van der Waals surface area contributed by atoms with E-state index in [1.165, 1.54) is 0 Å². The van der Waals surface area contributed by atoms with Gasteiger partial charge in [0.25, 0.3) is 0 Å². The molecule has 0 amide bonds. The molecule has 80 valence electrons. The molecule has 0 bridgehead atoms. The highest BCUT2D eigenvalue weighted by atomic mass is 79.9. The number of aliphatic hydroxyl groups is 1. The summed E-state index contributed by atoms with van der Waals surface area (Å²) in [4.78, 5) is 11.6. The van der Waals surface area contributed by atoms with Gasteiger partial charge in [0, 0.05) is 29.5 Å². The van der Waals surface area contributed by atoms with E-state index >= 15 is 0 Å². The number of ketones is 1. The van der Waals surface area contributed by atoms with Crippen LogP contribution in [-0.4, -0.2) is 23.6 Å². The van der Waals surface area contributed by atoms with E-state index in [9.17, 15) is 4.79 Å². The minimum Gasteiger partial charge on any atom is -0.482 e. The minimum atomic E-state index is -0.483. The fraction of sp³-hybridized carbons (Fsp3) is 0.364. The Labute approximate surface area is 96.2 Å². The second-order valence-corrected chi connectivity index (χ2v) is 4.43. The van der Waals surface area contributed by atoms with Crippen molar-refractivity contribution in [3.8, 4) is 5.75 Å². The van der Waals surface area contributed by atoms with Crippen LogP contribution in [0, 0.1) is 0 Å². The molecule has 0 fully saturated rings. The number of benzene rings is 1. The second-order valence-electron chi connectivity index (χ2n) is 3.51. The molecular formula is C11H11BrO3. The molecule has 3 nitrogen and oxygen atoms in total. The SMILES string of the molecule is O=C1Cc2cc(Br)ccc2O[C@H]1CCO. The van der Waals surface area contributed by atoms with Crippen LogP contribution in [0.4, 0.5) is 0 Å². The van der Waals surface area contributed by atoms with E-state index in [2.05, 4.69) is 15.9 Å². The average Bonchev–Trinajstić information content (AvgIpc) is 2.20. The third-order valence-corrected chi connectivity index (χ3v) is 2.90. The molecule has 0 radical (unpaired) electrons. The van der Waals surface area contributed by atoms with Crippen LogP contribution < -0.4 is 4.74 Å². The number of halogens is 1. The quantitative estimate of drug-likeness (QED) is 0.890. The topological polar surface area (TPSA) is 46.5 Å². The Bertz CT molecular complexity index is 389. The van der Waals surface area contributed by atoms with E-state index in [0.29, 0.717) is 12.8 Å². The van der Waals surface area contributed by atoms with Gasteiger partial charge in [0.15, 0.2) is 11.9 Å². The van der Waals surface area contributed by atoms with Crippen molar-refractivity contribution in [2.24, 2.45) is 0 Å². The van der Waals surface area contributed by atoms with Gasteiger partial charge in [0.2, 0.25) is 0 Å². The number of carbonyl (C=O) groups excluding carboxylic acids is 1. The molecule has 0 unspecified atom stereocenters. The zero-order chi connectivity index (χ0) is 10.8. The predicted molar refractivity (Wildman–Crippen MR) is 59.0 cm³/mol. The van der Waals surface area contributed by atoms with Gasteiger partial charge in [0.1, 0.15) is 5.75 Å². The monoisotopic (exact) mass is 270 g/mol. The largest absolute Gasteiger partial charge is 0.482 e. The summed E-state index contributed by atoms with van der Waals surface area (Å²) in [7, 11) is 0. The van der Waals surface area contributed by atoms with Crippen LogP contribution >= 0.6 is 15.9 Å². The van der Waals surface area contributed by atoms with Crippen LogP contribution in [-0.2, 0) is 11.2 Å². The van der Waals surface area contributed by atoms with E-state index in [4.69, 9.17) is 9.84 Å². The molecule has 0 aliphatic carbocycles. The molecule has 1 aromatic rings. The molecule has 0 aromatic heterocycles. The number of carbonyl (C=O) groups is 1. The molecule has 1 aliphatic rings. The van der Waals surface area contributed by atoms with Crippen LogP contribution in [0.15, 0.2) is 22.7 Å². The maximum absolute atomic E-state index is 11.6. The number of rotatable bonds is 2. The van der Waals surface area contributed by atoms with E-state index in [-0.39, 0.29) is 12.4 Å². The first-order valence-corrected chi connectivity index (χ1v) is 5.58. The molecule has 4 heteroatoms. The number of ether oxygens (including phenoxy) is 1. The van der Waals surface area contributed by atoms with E-state index in [1.807, 2.05) is 18.2 Å². The Morgan fingerprint density at radius 3 is 3.07 bits per heavy atom. The lowest BCUT2D eigenvalue weighted by Crippen LogP contribution is -2.33. The van der Waals surface area contributed by atoms with E-state index in [1.54, 1.807) is 0 Å². The molecular weight excluding hydrogens is 260 g/mol. The lowest BCUT2D eigenvalue weighted by atomic mass is 9.99. The highest BCUT2D eigenvalue weighted by molar-refractivity contribution is 9.10. The first-order valence-electron chi connectivity index (χ1n) is 4.79. The van der Waals surface area contributed by atoms with Gasteiger partial charge < -0.3 is 9.84 Å². The van der Waals surface area contributed by atoms with Crippen LogP contribution in [0.5, 0.6) is 5.75 Å². The van der Waals surface area contributed by atoms with Crippen LogP contribution in [0.3, 0.4) is 0 Å². The van der Waals surface area contributed by atoms with E-state index < -0.39 is 6.10 Å². The lowest BCUT2D eigenvalue weighted by Gasteiger charge is -2.24. The van der Waals surface area contributed by atoms with Gasteiger partial charge in [-0.1, -0.05) is 15.9 Å². The van der Waals surface area contributed by atoms with Crippen LogP contribution in [0.2, 0.25) is 0 Å². The Morgan fingerprint density at radius 2 is 2.33 bits per heavy atom. The molecule has 1 N–H and O–H groups in total. The highest BCUT2D eigenvalue weighted by Crippen LogP contribution is 2.29. The zero-order valence-electron chi connectivity index (χ0n) is 8.07. The smallest absolute Gasteiger partial charge is 0.177 e. The standard InChI is InChI=1S/C11H11BrO3/c12-8-1-2-10-7(5-8)6-9(14)11(15-10)3-4-13/h1-2,5,11,13H,3-4,6H2/t11-/m0/s1. The van der Waals surface area contributed by atoms with Crippen LogP contribution in [0.25, 0.3) is 0 Å². The summed E-state index contributed by atoms with van der Waals surface area (Å²) in [6.07, 6.45) is 0.275. The van der Waals surface area contributed by atoms with Gasteiger partial charge in [-0.05, 0) is 18.2 Å². The average molecular weight is 271 g/mol.